The predicted octanol–water partition coefficient (Wildman–Crippen LogP) is 8.19. The predicted molar refractivity (Wildman–Crippen MR) is 138 cm³/mol. The van der Waals surface area contributed by atoms with Gasteiger partial charge in [-0.25, -0.2) is 0 Å². The summed E-state index contributed by atoms with van der Waals surface area (Å²) in [6.45, 7) is 11.4. The summed E-state index contributed by atoms with van der Waals surface area (Å²) in [7, 11) is 2.23. The number of hydrogen-bond acceptors (Lipinski definition) is 0. The molecule has 0 bridgehead atoms. The monoisotopic (exact) mass is 418 g/mol. The highest BCUT2D eigenvalue weighted by Crippen LogP contribution is 2.35. The van der Waals surface area contributed by atoms with E-state index < -0.39 is 0 Å². The Morgan fingerprint density at radius 2 is 1.38 bits per heavy atom. The highest BCUT2D eigenvalue weighted by molar-refractivity contribution is 6.10. The van der Waals surface area contributed by atoms with Crippen LogP contribution in [-0.2, 0) is 7.05 Å². The highest BCUT2D eigenvalue weighted by atomic mass is 14.9. The summed E-state index contributed by atoms with van der Waals surface area (Å²) in [5.74, 6) is 0.997. The molecule has 0 saturated carbocycles. The van der Waals surface area contributed by atoms with Gasteiger partial charge in [-0.15, -0.1) is 0 Å². The molecular formula is C31H32N+. The molecule has 5 aromatic rings. The van der Waals surface area contributed by atoms with Gasteiger partial charge in [0.05, 0.1) is 0 Å². The van der Waals surface area contributed by atoms with E-state index in [1.807, 2.05) is 0 Å². The third-order valence-corrected chi connectivity index (χ3v) is 7.04. The maximum atomic E-state index is 2.42. The second kappa shape index (κ2) is 7.74. The fourth-order valence-electron chi connectivity index (χ4n) is 5.22. The number of fused-ring (bicyclic) bond motifs is 4. The van der Waals surface area contributed by atoms with E-state index in [2.05, 4.69) is 119 Å². The summed E-state index contributed by atoms with van der Waals surface area (Å²) in [6, 6.07) is 27.2. The van der Waals surface area contributed by atoms with Gasteiger partial charge >= 0.3 is 0 Å². The number of aryl methyl sites for hydroxylation is 2. The maximum absolute atomic E-state index is 2.42. The van der Waals surface area contributed by atoms with Gasteiger partial charge in [0.15, 0.2) is 0 Å². The maximum Gasteiger partial charge on any atom is 0.216 e. The van der Waals surface area contributed by atoms with Crippen molar-refractivity contribution >= 4 is 32.4 Å². The molecule has 0 aliphatic rings. The van der Waals surface area contributed by atoms with Crippen molar-refractivity contribution in [1.82, 2.24) is 0 Å². The number of hydrogen-bond donors (Lipinski definition) is 0. The van der Waals surface area contributed by atoms with Crippen molar-refractivity contribution in [2.45, 2.75) is 46.5 Å². The first-order chi connectivity index (χ1) is 15.4. The lowest BCUT2D eigenvalue weighted by Crippen LogP contribution is -2.33. The minimum Gasteiger partial charge on any atom is -0.194 e. The summed E-state index contributed by atoms with van der Waals surface area (Å²) in [5, 5.41) is 6.62. The molecule has 1 aromatic heterocycles. The molecule has 0 spiro atoms. The molecule has 0 fully saturated rings. The van der Waals surface area contributed by atoms with Crippen molar-refractivity contribution in [3.05, 3.63) is 89.5 Å². The second-order valence-corrected chi connectivity index (χ2v) is 9.76. The van der Waals surface area contributed by atoms with Crippen LogP contribution in [0.15, 0.2) is 72.8 Å². The van der Waals surface area contributed by atoms with Crippen LogP contribution >= 0.6 is 0 Å². The van der Waals surface area contributed by atoms with E-state index in [-0.39, 0.29) is 0 Å². The summed E-state index contributed by atoms with van der Waals surface area (Å²) in [6.07, 6.45) is 0. The number of rotatable bonds is 3. The summed E-state index contributed by atoms with van der Waals surface area (Å²) in [4.78, 5) is 0. The van der Waals surface area contributed by atoms with Crippen LogP contribution in [-0.4, -0.2) is 0 Å². The van der Waals surface area contributed by atoms with Gasteiger partial charge < -0.3 is 0 Å². The lowest BCUT2D eigenvalue weighted by Gasteiger charge is -2.16. The molecular weight excluding hydrogens is 386 g/mol. The van der Waals surface area contributed by atoms with Crippen LogP contribution in [0.3, 0.4) is 0 Å². The fourth-order valence-corrected chi connectivity index (χ4v) is 5.22. The van der Waals surface area contributed by atoms with Crippen LogP contribution in [0.4, 0.5) is 0 Å². The molecule has 160 valence electrons. The van der Waals surface area contributed by atoms with Crippen LogP contribution in [0, 0.1) is 6.92 Å². The van der Waals surface area contributed by atoms with Crippen LogP contribution in [0.25, 0.3) is 43.7 Å². The third kappa shape index (κ3) is 3.19. The molecule has 0 radical (unpaired) electrons. The van der Waals surface area contributed by atoms with Gasteiger partial charge in [-0.3, -0.25) is 0 Å². The van der Waals surface area contributed by atoms with Crippen LogP contribution in [0.5, 0.6) is 0 Å². The molecule has 5 rings (SSSR count). The smallest absolute Gasteiger partial charge is 0.194 e. The zero-order chi connectivity index (χ0) is 22.6. The van der Waals surface area contributed by atoms with E-state index in [1.54, 1.807) is 0 Å². The minimum absolute atomic E-state index is 0.472. The molecule has 1 heteroatoms. The van der Waals surface area contributed by atoms with Crippen molar-refractivity contribution in [3.63, 3.8) is 0 Å². The van der Waals surface area contributed by atoms with E-state index in [9.17, 15) is 0 Å². The number of nitrogens with zero attached hydrogens (tertiary/aromatic N) is 1. The standard InChI is InChI=1S/C31H32N/c1-19(2)25-17-24-14-16-29(32(6)31(24)28(18-25)20(3)4)26-15-13-23-12-11-22-9-7-8-10-27(22)30(23)21(26)5/h7-20H,1-6H3/q+1. The summed E-state index contributed by atoms with van der Waals surface area (Å²) in [5.41, 5.74) is 8.12. The SMILES string of the molecule is Cc1c(-c2ccc3cc(C(C)C)cc(C(C)C)c3[n+]2C)ccc2ccc3ccccc3c12. The van der Waals surface area contributed by atoms with Crippen molar-refractivity contribution in [2.24, 2.45) is 7.05 Å². The van der Waals surface area contributed by atoms with Gasteiger partial charge in [-0.1, -0.05) is 70.2 Å². The van der Waals surface area contributed by atoms with E-state index >= 15 is 0 Å². The van der Waals surface area contributed by atoms with E-state index in [1.165, 1.54) is 60.4 Å². The quantitative estimate of drug-likeness (QED) is 0.205. The number of benzene rings is 4. The van der Waals surface area contributed by atoms with Gasteiger partial charge in [0.25, 0.3) is 0 Å². The van der Waals surface area contributed by atoms with Crippen molar-refractivity contribution in [1.29, 1.82) is 0 Å². The molecule has 32 heavy (non-hydrogen) atoms. The summed E-state index contributed by atoms with van der Waals surface area (Å²) < 4.78 is 2.41. The lowest BCUT2D eigenvalue weighted by molar-refractivity contribution is -0.633. The molecule has 1 nitrogen and oxygen atoms in total. The minimum atomic E-state index is 0.472. The molecule has 4 aromatic carbocycles. The average Bonchev–Trinajstić information content (AvgIpc) is 2.79. The molecule has 0 saturated heterocycles. The van der Waals surface area contributed by atoms with Gasteiger partial charge in [-0.2, -0.15) is 4.57 Å². The molecule has 0 aliphatic heterocycles. The molecule has 1 heterocycles. The zero-order valence-electron chi connectivity index (χ0n) is 20.0. The average molecular weight is 419 g/mol. The van der Waals surface area contributed by atoms with Crippen LogP contribution in [0.2, 0.25) is 0 Å². The molecule has 0 N–H and O–H groups in total. The van der Waals surface area contributed by atoms with Crippen molar-refractivity contribution in [2.75, 3.05) is 0 Å². The Labute approximate surface area is 191 Å². The fraction of sp³-hybridized carbons (Fsp3) is 0.258. The largest absolute Gasteiger partial charge is 0.216 e. The van der Waals surface area contributed by atoms with Gasteiger partial charge in [0, 0.05) is 22.6 Å². The Morgan fingerprint density at radius 3 is 2.12 bits per heavy atom. The first kappa shape index (κ1) is 20.7. The summed E-state index contributed by atoms with van der Waals surface area (Å²) >= 11 is 0. The van der Waals surface area contributed by atoms with Crippen molar-refractivity contribution in [3.8, 4) is 11.3 Å². The second-order valence-electron chi connectivity index (χ2n) is 9.76. The van der Waals surface area contributed by atoms with Gasteiger partial charge in [-0.05, 0) is 75.7 Å². The van der Waals surface area contributed by atoms with E-state index in [0.29, 0.717) is 11.8 Å². The Kier molecular flexibility index (Phi) is 5.01. The molecule has 0 amide bonds. The van der Waals surface area contributed by atoms with Crippen LogP contribution < -0.4 is 4.57 Å². The third-order valence-electron chi connectivity index (χ3n) is 7.04. The Morgan fingerprint density at radius 1 is 0.688 bits per heavy atom. The van der Waals surface area contributed by atoms with Gasteiger partial charge in [0.1, 0.15) is 7.05 Å². The van der Waals surface area contributed by atoms with E-state index in [0.717, 1.165) is 0 Å². The molecule has 0 unspecified atom stereocenters. The zero-order valence-corrected chi connectivity index (χ0v) is 20.0. The number of pyridine rings is 1. The van der Waals surface area contributed by atoms with E-state index in [4.69, 9.17) is 0 Å². The van der Waals surface area contributed by atoms with Crippen molar-refractivity contribution < 1.29 is 4.57 Å². The van der Waals surface area contributed by atoms with Crippen LogP contribution in [0.1, 0.15) is 56.2 Å². The first-order valence-electron chi connectivity index (χ1n) is 11.7. The lowest BCUT2D eigenvalue weighted by atomic mass is 9.91. The Hall–Kier alpha value is -3.19. The Balaban J connectivity index is 1.82. The topological polar surface area (TPSA) is 3.88 Å². The van der Waals surface area contributed by atoms with Gasteiger partial charge in [0.2, 0.25) is 11.2 Å². The first-order valence-corrected chi connectivity index (χ1v) is 11.7. The number of aromatic nitrogens is 1. The molecule has 0 atom stereocenters. The molecule has 0 aliphatic carbocycles. The Bertz CT molecular complexity index is 1490. The normalized spacial score (nSPS) is 12.0. The highest BCUT2D eigenvalue weighted by Gasteiger charge is 2.22.